The van der Waals surface area contributed by atoms with Crippen LogP contribution in [0.15, 0.2) is 24.3 Å². The fraction of sp³-hybridized carbons (Fsp3) is 0.767. The molecule has 4 aliphatic carbocycles. The smallest absolute Gasteiger partial charge is 0.317 e. The molecule has 1 aromatic carbocycles. The van der Waals surface area contributed by atoms with E-state index in [1.54, 1.807) is 7.11 Å². The van der Waals surface area contributed by atoms with Crippen LogP contribution in [0.25, 0.3) is 0 Å². The third-order valence-electron chi connectivity index (χ3n) is 10.5. The van der Waals surface area contributed by atoms with E-state index in [1.165, 1.54) is 19.3 Å². The summed E-state index contributed by atoms with van der Waals surface area (Å²) in [4.78, 5) is 15.4. The fourth-order valence-corrected chi connectivity index (χ4v) is 8.98. The van der Waals surface area contributed by atoms with Crippen molar-refractivity contribution in [2.75, 3.05) is 33.4 Å². The molecule has 4 bridgehead atoms. The Kier molecular flexibility index (Phi) is 8.61. The lowest BCUT2D eigenvalue weighted by Crippen LogP contribution is -2.59. The molecule has 0 spiro atoms. The maximum Gasteiger partial charge on any atom is 0.317 e. The van der Waals surface area contributed by atoms with Crippen molar-refractivity contribution in [2.45, 2.75) is 82.0 Å². The Bertz CT molecular complexity index is 965. The average molecular weight is 548 g/mol. The third kappa shape index (κ3) is 5.34. The molecule has 0 radical (unpaired) electrons. The molecule has 0 aromatic heterocycles. The Morgan fingerprint density at radius 1 is 1.29 bits per heavy atom. The summed E-state index contributed by atoms with van der Waals surface area (Å²) >= 11 is 6.32. The van der Waals surface area contributed by atoms with E-state index in [0.29, 0.717) is 37.1 Å². The Labute approximate surface area is 232 Å². The molecule has 38 heavy (non-hydrogen) atoms. The van der Waals surface area contributed by atoms with Crippen molar-refractivity contribution in [3.05, 3.63) is 34.9 Å². The van der Waals surface area contributed by atoms with Crippen molar-refractivity contribution in [1.82, 2.24) is 10.2 Å². The summed E-state index contributed by atoms with van der Waals surface area (Å²) in [5.41, 5.74) is 5.79. The molecule has 7 nitrogen and oxygen atoms in total. The maximum atomic E-state index is 13.5. The number of piperidine rings is 1. The normalized spacial score (nSPS) is 33.2. The quantitative estimate of drug-likeness (QED) is 0.309. The van der Waals surface area contributed by atoms with Crippen LogP contribution in [0.2, 0.25) is 5.02 Å². The van der Waals surface area contributed by atoms with Gasteiger partial charge < -0.3 is 30.9 Å². The second-order valence-corrected chi connectivity index (χ2v) is 13.1. The van der Waals surface area contributed by atoms with Crippen LogP contribution in [0.1, 0.15) is 69.8 Å². The van der Waals surface area contributed by atoms with Crippen molar-refractivity contribution in [2.24, 2.45) is 34.8 Å². The standard InChI is InChI=1S/C30H46ClN3O4/c1-38-11-3-2-9-30(37,22-6-4-8-25(31)15-22)23-7-5-10-34(19-23)28(36)33-26(18-32)27(35)29-16-20-12-21(17-29)14-24(29)13-20/h4,6,8,15,20-21,23-24,26-27,35,37H,2-3,5,7,9-14,16-19,32H2,1H3,(H,33,36)/t20?,21?,23-,24?,26-,27-,29?,30-/m1/s1. The minimum Gasteiger partial charge on any atom is -0.390 e. The van der Waals surface area contributed by atoms with Gasteiger partial charge in [0.05, 0.1) is 17.7 Å². The molecular formula is C30H46ClN3O4. The minimum atomic E-state index is -1.09. The number of halogens is 1. The molecule has 1 saturated heterocycles. The van der Waals surface area contributed by atoms with Gasteiger partial charge in [-0.25, -0.2) is 4.79 Å². The number of nitrogens with zero attached hydrogens (tertiary/aromatic N) is 1. The van der Waals surface area contributed by atoms with Gasteiger partial charge in [-0.3, -0.25) is 0 Å². The lowest BCUT2D eigenvalue weighted by atomic mass is 9.70. The summed E-state index contributed by atoms with van der Waals surface area (Å²) in [6, 6.07) is 6.83. The lowest BCUT2D eigenvalue weighted by Gasteiger charge is -2.44. The van der Waals surface area contributed by atoms with Gasteiger partial charge in [-0.2, -0.15) is 0 Å². The molecule has 4 saturated carbocycles. The Hall–Kier alpha value is -1.38. The van der Waals surface area contributed by atoms with Crippen LogP contribution in [-0.2, 0) is 10.3 Å². The van der Waals surface area contributed by atoms with Crippen molar-refractivity contribution in [3.8, 4) is 0 Å². The number of ether oxygens (including phenoxy) is 1. The van der Waals surface area contributed by atoms with Gasteiger partial charge in [-0.15, -0.1) is 0 Å². The Morgan fingerprint density at radius 3 is 2.74 bits per heavy atom. The number of nitrogens with two attached hydrogens (primary N) is 1. The summed E-state index contributed by atoms with van der Waals surface area (Å²) in [6.07, 6.45) is 9.17. The maximum absolute atomic E-state index is 13.5. The van der Waals surface area contributed by atoms with Gasteiger partial charge >= 0.3 is 6.03 Å². The number of nitrogens with one attached hydrogen (secondary N) is 1. The number of aliphatic hydroxyl groups excluding tert-OH is 1. The highest BCUT2D eigenvalue weighted by Crippen LogP contribution is 2.67. The van der Waals surface area contributed by atoms with E-state index in [4.69, 9.17) is 22.1 Å². The van der Waals surface area contributed by atoms with E-state index in [9.17, 15) is 15.0 Å². The first-order valence-electron chi connectivity index (χ1n) is 14.7. The molecule has 1 heterocycles. The zero-order valence-corrected chi connectivity index (χ0v) is 23.5. The minimum absolute atomic E-state index is 0.0790. The second kappa shape index (κ2) is 11.6. The number of carbonyl (C=O) groups excluding carboxylic acids is 1. The van der Waals surface area contributed by atoms with E-state index < -0.39 is 17.7 Å². The van der Waals surface area contributed by atoms with Crippen molar-refractivity contribution in [1.29, 1.82) is 0 Å². The monoisotopic (exact) mass is 547 g/mol. The van der Waals surface area contributed by atoms with Crippen LogP contribution in [0.5, 0.6) is 0 Å². The van der Waals surface area contributed by atoms with Gasteiger partial charge in [0.1, 0.15) is 0 Å². The van der Waals surface area contributed by atoms with Crippen molar-refractivity contribution >= 4 is 17.6 Å². The Morgan fingerprint density at radius 2 is 2.05 bits per heavy atom. The van der Waals surface area contributed by atoms with Crippen molar-refractivity contribution in [3.63, 3.8) is 0 Å². The number of amides is 2. The molecular weight excluding hydrogens is 502 g/mol. The summed E-state index contributed by atoms with van der Waals surface area (Å²) in [5.74, 6) is 1.90. The molecule has 1 aliphatic heterocycles. The number of urea groups is 1. The number of hydrogen-bond acceptors (Lipinski definition) is 5. The van der Waals surface area contributed by atoms with Gasteiger partial charge in [0.15, 0.2) is 0 Å². The predicted octanol–water partition coefficient (Wildman–Crippen LogP) is 4.28. The van der Waals surface area contributed by atoms with Crippen molar-refractivity contribution < 1.29 is 19.7 Å². The molecule has 6 rings (SSSR count). The highest BCUT2D eigenvalue weighted by atomic mass is 35.5. The van der Waals surface area contributed by atoms with E-state index >= 15 is 0 Å². The number of rotatable bonds is 11. The summed E-state index contributed by atoms with van der Waals surface area (Å²) < 4.78 is 5.22. The number of unbranched alkanes of at least 4 members (excludes halogenated alkanes) is 1. The number of methoxy groups -OCH3 is 1. The molecule has 212 valence electrons. The van der Waals surface area contributed by atoms with Crippen LogP contribution in [-0.4, -0.2) is 66.6 Å². The lowest BCUT2D eigenvalue weighted by molar-refractivity contribution is -0.0573. The van der Waals surface area contributed by atoms with E-state index in [2.05, 4.69) is 5.32 Å². The van der Waals surface area contributed by atoms with Crippen LogP contribution in [0.3, 0.4) is 0 Å². The number of likely N-dealkylation sites (tertiary alicyclic amines) is 1. The molecule has 5 N–H and O–H groups in total. The van der Waals surface area contributed by atoms with Gasteiger partial charge in [0.2, 0.25) is 0 Å². The van der Waals surface area contributed by atoms with Crippen LogP contribution in [0, 0.1) is 29.1 Å². The molecule has 6 atom stereocenters. The third-order valence-corrected chi connectivity index (χ3v) is 10.7. The van der Waals surface area contributed by atoms with Gasteiger partial charge in [-0.1, -0.05) is 23.7 Å². The average Bonchev–Trinajstić information content (AvgIpc) is 3.33. The first-order valence-corrected chi connectivity index (χ1v) is 15.1. The highest BCUT2D eigenvalue weighted by molar-refractivity contribution is 6.30. The van der Waals surface area contributed by atoms with Crippen LogP contribution in [0.4, 0.5) is 4.79 Å². The number of aliphatic hydroxyl groups is 2. The molecule has 1 aromatic rings. The van der Waals surface area contributed by atoms with Gasteiger partial charge in [0, 0.05) is 49.7 Å². The van der Waals surface area contributed by atoms with Crippen LogP contribution < -0.4 is 11.1 Å². The summed E-state index contributed by atoms with van der Waals surface area (Å²) in [5, 5.41) is 27.4. The molecule has 5 aliphatic rings. The van der Waals surface area contributed by atoms with E-state index in [0.717, 1.165) is 55.9 Å². The van der Waals surface area contributed by atoms with Gasteiger partial charge in [0.25, 0.3) is 0 Å². The topological polar surface area (TPSA) is 108 Å². The zero-order chi connectivity index (χ0) is 26.9. The zero-order valence-electron chi connectivity index (χ0n) is 22.8. The largest absolute Gasteiger partial charge is 0.390 e. The highest BCUT2D eigenvalue weighted by Gasteiger charge is 2.61. The van der Waals surface area contributed by atoms with E-state index in [-0.39, 0.29) is 23.9 Å². The Balaban J connectivity index is 1.27. The molecule has 8 heteroatoms. The van der Waals surface area contributed by atoms with Gasteiger partial charge in [-0.05, 0) is 99.7 Å². The second-order valence-electron chi connectivity index (χ2n) is 12.7. The predicted molar refractivity (Wildman–Crippen MR) is 149 cm³/mol. The molecule has 5 fully saturated rings. The first-order chi connectivity index (χ1) is 18.3. The number of benzene rings is 1. The van der Waals surface area contributed by atoms with Crippen LogP contribution >= 0.6 is 11.6 Å². The van der Waals surface area contributed by atoms with E-state index in [1.807, 2.05) is 29.2 Å². The number of hydrogen-bond donors (Lipinski definition) is 4. The molecule has 2 unspecified atom stereocenters. The summed E-state index contributed by atoms with van der Waals surface area (Å²) in [7, 11) is 1.69. The fourth-order valence-electron chi connectivity index (χ4n) is 8.79. The SMILES string of the molecule is COCCCC[C@@](O)(c1cccc(Cl)c1)[C@@H]1CCCN(C(=O)N[C@H](CN)[C@@H](O)C23CC4CC(CC2C4)C3)C1. The summed E-state index contributed by atoms with van der Waals surface area (Å²) in [6.45, 7) is 1.95. The number of carbonyl (C=O) groups is 1. The first kappa shape index (κ1) is 28.2. The molecule has 2 amide bonds.